The Kier molecular flexibility index (Phi) is 2.09. The number of nitrogens with zero attached hydrogens (tertiary/aromatic N) is 2. The van der Waals surface area contributed by atoms with E-state index in [4.69, 9.17) is 5.73 Å². The lowest BCUT2D eigenvalue weighted by molar-refractivity contribution is 0.779. The summed E-state index contributed by atoms with van der Waals surface area (Å²) in [7, 11) is 1.91. The summed E-state index contributed by atoms with van der Waals surface area (Å²) in [6.45, 7) is 0.547. The Balaban J connectivity index is 2.75. The van der Waals surface area contributed by atoms with E-state index >= 15 is 0 Å². The predicted molar refractivity (Wildman–Crippen MR) is 56.3 cm³/mol. The van der Waals surface area contributed by atoms with Gasteiger partial charge in [0.25, 0.3) is 0 Å². The second kappa shape index (κ2) is 3.12. The molecule has 0 amide bonds. The van der Waals surface area contributed by atoms with Crippen molar-refractivity contribution in [1.82, 2.24) is 9.78 Å². The van der Waals surface area contributed by atoms with Crippen LogP contribution in [0.5, 0.6) is 0 Å². The summed E-state index contributed by atoms with van der Waals surface area (Å²) in [6.07, 6.45) is 1.99. The van der Waals surface area contributed by atoms with Crippen LogP contribution in [-0.4, -0.2) is 9.78 Å². The van der Waals surface area contributed by atoms with E-state index in [1.54, 1.807) is 4.68 Å². The highest BCUT2D eigenvalue weighted by Crippen LogP contribution is 2.24. The van der Waals surface area contributed by atoms with Gasteiger partial charge in [-0.3, -0.25) is 4.68 Å². The van der Waals surface area contributed by atoms with Crippen LogP contribution in [0.3, 0.4) is 0 Å². The number of benzene rings is 1. The number of aromatic nitrogens is 2. The third kappa shape index (κ3) is 1.47. The fourth-order valence-corrected chi connectivity index (χ4v) is 1.97. The summed E-state index contributed by atoms with van der Waals surface area (Å²) in [5.74, 6) is 0. The van der Waals surface area contributed by atoms with E-state index in [-0.39, 0.29) is 0 Å². The molecule has 68 valence electrons. The topological polar surface area (TPSA) is 43.8 Å². The Hall–Kier alpha value is -0.870. The Morgan fingerprint density at radius 2 is 2.31 bits per heavy atom. The quantitative estimate of drug-likeness (QED) is 0.825. The van der Waals surface area contributed by atoms with E-state index in [0.717, 1.165) is 20.9 Å². The van der Waals surface area contributed by atoms with Crippen LogP contribution in [0.15, 0.2) is 22.8 Å². The number of aryl methyl sites for hydroxylation is 1. The van der Waals surface area contributed by atoms with Crippen molar-refractivity contribution in [1.29, 1.82) is 0 Å². The van der Waals surface area contributed by atoms with Crippen molar-refractivity contribution in [3.8, 4) is 0 Å². The summed E-state index contributed by atoms with van der Waals surface area (Å²) in [5.41, 5.74) is 7.64. The molecule has 0 unspecified atom stereocenters. The van der Waals surface area contributed by atoms with Gasteiger partial charge >= 0.3 is 0 Å². The maximum absolute atomic E-state index is 5.56. The van der Waals surface area contributed by atoms with Gasteiger partial charge in [-0.15, -0.1) is 0 Å². The SMILES string of the molecule is Cn1cc2c(Br)cc(CN)cc2n1. The Morgan fingerprint density at radius 3 is 3.00 bits per heavy atom. The standard InChI is InChI=1S/C9H10BrN3/c1-13-5-7-8(10)2-6(4-11)3-9(7)12-13/h2-3,5H,4,11H2,1H3. The highest BCUT2D eigenvalue weighted by molar-refractivity contribution is 9.10. The first kappa shape index (κ1) is 8.72. The molecule has 1 heterocycles. The smallest absolute Gasteiger partial charge is 0.0937 e. The van der Waals surface area contributed by atoms with Crippen LogP contribution in [0.1, 0.15) is 5.56 Å². The second-order valence-electron chi connectivity index (χ2n) is 3.02. The lowest BCUT2D eigenvalue weighted by Crippen LogP contribution is -1.95. The van der Waals surface area contributed by atoms with Crippen molar-refractivity contribution in [2.24, 2.45) is 12.8 Å². The molecule has 13 heavy (non-hydrogen) atoms. The normalized spacial score (nSPS) is 11.0. The molecular weight excluding hydrogens is 230 g/mol. The molecule has 1 aromatic heterocycles. The van der Waals surface area contributed by atoms with Gasteiger partial charge < -0.3 is 5.73 Å². The minimum absolute atomic E-state index is 0.547. The average Bonchev–Trinajstić information content (AvgIpc) is 2.46. The molecule has 2 aromatic rings. The van der Waals surface area contributed by atoms with E-state index in [2.05, 4.69) is 21.0 Å². The summed E-state index contributed by atoms with van der Waals surface area (Å²) in [5, 5.41) is 5.44. The zero-order valence-corrected chi connectivity index (χ0v) is 8.87. The van der Waals surface area contributed by atoms with E-state index < -0.39 is 0 Å². The molecule has 0 saturated carbocycles. The van der Waals surface area contributed by atoms with Crippen LogP contribution in [0.25, 0.3) is 10.9 Å². The largest absolute Gasteiger partial charge is 0.326 e. The zero-order chi connectivity index (χ0) is 9.42. The lowest BCUT2D eigenvalue weighted by atomic mass is 10.2. The first-order valence-corrected chi connectivity index (χ1v) is 4.82. The molecule has 0 bridgehead atoms. The molecule has 0 spiro atoms. The van der Waals surface area contributed by atoms with Crippen molar-refractivity contribution in [2.75, 3.05) is 0 Å². The molecule has 0 radical (unpaired) electrons. The Morgan fingerprint density at radius 1 is 1.54 bits per heavy atom. The van der Waals surface area contributed by atoms with Crippen molar-refractivity contribution < 1.29 is 0 Å². The molecule has 0 atom stereocenters. The average molecular weight is 240 g/mol. The van der Waals surface area contributed by atoms with Gasteiger partial charge in [-0.1, -0.05) is 15.9 Å². The van der Waals surface area contributed by atoms with Gasteiger partial charge in [0.1, 0.15) is 0 Å². The maximum atomic E-state index is 5.56. The van der Waals surface area contributed by atoms with Gasteiger partial charge in [-0.2, -0.15) is 5.10 Å². The molecule has 3 nitrogen and oxygen atoms in total. The number of hydrogen-bond donors (Lipinski definition) is 1. The molecule has 2 N–H and O–H groups in total. The summed E-state index contributed by atoms with van der Waals surface area (Å²) < 4.78 is 2.86. The number of halogens is 1. The van der Waals surface area contributed by atoms with Crippen LogP contribution in [-0.2, 0) is 13.6 Å². The fraction of sp³-hybridized carbons (Fsp3) is 0.222. The summed E-state index contributed by atoms with van der Waals surface area (Å²) in [6, 6.07) is 4.05. The number of fused-ring (bicyclic) bond motifs is 1. The van der Waals surface area contributed by atoms with Gasteiger partial charge in [-0.05, 0) is 17.7 Å². The Bertz CT molecular complexity index is 447. The molecule has 0 aliphatic rings. The van der Waals surface area contributed by atoms with Crippen LogP contribution in [0, 0.1) is 0 Å². The summed E-state index contributed by atoms with van der Waals surface area (Å²) >= 11 is 3.49. The predicted octanol–water partition coefficient (Wildman–Crippen LogP) is 1.79. The maximum Gasteiger partial charge on any atom is 0.0937 e. The van der Waals surface area contributed by atoms with Crippen molar-refractivity contribution in [3.63, 3.8) is 0 Å². The lowest BCUT2D eigenvalue weighted by Gasteiger charge is -1.97. The van der Waals surface area contributed by atoms with Gasteiger partial charge in [0, 0.05) is 29.6 Å². The van der Waals surface area contributed by atoms with Gasteiger partial charge in [0.05, 0.1) is 5.52 Å². The van der Waals surface area contributed by atoms with Gasteiger partial charge in [0.2, 0.25) is 0 Å². The third-order valence-corrected chi connectivity index (χ3v) is 2.64. The molecule has 0 aliphatic carbocycles. The van der Waals surface area contributed by atoms with E-state index in [0.29, 0.717) is 6.54 Å². The minimum Gasteiger partial charge on any atom is -0.326 e. The van der Waals surface area contributed by atoms with Crippen LogP contribution in [0.2, 0.25) is 0 Å². The van der Waals surface area contributed by atoms with Crippen molar-refractivity contribution in [3.05, 3.63) is 28.4 Å². The van der Waals surface area contributed by atoms with E-state index in [1.807, 2.05) is 25.4 Å². The van der Waals surface area contributed by atoms with Gasteiger partial charge in [-0.25, -0.2) is 0 Å². The summed E-state index contributed by atoms with van der Waals surface area (Å²) in [4.78, 5) is 0. The highest BCUT2D eigenvalue weighted by atomic mass is 79.9. The molecule has 0 fully saturated rings. The molecule has 2 rings (SSSR count). The van der Waals surface area contributed by atoms with Crippen LogP contribution in [0.4, 0.5) is 0 Å². The van der Waals surface area contributed by atoms with Crippen molar-refractivity contribution >= 4 is 26.8 Å². The van der Waals surface area contributed by atoms with Gasteiger partial charge in [0.15, 0.2) is 0 Å². The van der Waals surface area contributed by atoms with E-state index in [1.165, 1.54) is 0 Å². The van der Waals surface area contributed by atoms with Crippen molar-refractivity contribution in [2.45, 2.75) is 6.54 Å². The fourth-order valence-electron chi connectivity index (χ4n) is 1.37. The second-order valence-corrected chi connectivity index (χ2v) is 3.87. The molecule has 0 aliphatic heterocycles. The first-order chi connectivity index (χ1) is 6.20. The molecule has 0 saturated heterocycles. The van der Waals surface area contributed by atoms with Crippen LogP contribution < -0.4 is 5.73 Å². The number of hydrogen-bond acceptors (Lipinski definition) is 2. The van der Waals surface area contributed by atoms with Crippen LogP contribution >= 0.6 is 15.9 Å². The highest BCUT2D eigenvalue weighted by Gasteiger charge is 2.04. The first-order valence-electron chi connectivity index (χ1n) is 4.02. The molecule has 1 aromatic carbocycles. The zero-order valence-electron chi connectivity index (χ0n) is 7.29. The number of rotatable bonds is 1. The van der Waals surface area contributed by atoms with E-state index in [9.17, 15) is 0 Å². The monoisotopic (exact) mass is 239 g/mol. The Labute approximate surface area is 84.7 Å². The number of nitrogens with two attached hydrogens (primary N) is 1. The minimum atomic E-state index is 0.547. The third-order valence-electron chi connectivity index (χ3n) is 1.98. The molecular formula is C9H10BrN3. The molecule has 4 heteroatoms.